The summed E-state index contributed by atoms with van der Waals surface area (Å²) in [6.07, 6.45) is 2.56. The van der Waals surface area contributed by atoms with Crippen LogP contribution in [0.1, 0.15) is 18.4 Å². The molecule has 1 saturated heterocycles. The molecule has 2 N–H and O–H groups in total. The van der Waals surface area contributed by atoms with Gasteiger partial charge in [0.1, 0.15) is 0 Å². The number of rotatable bonds is 5. The number of halogens is 1. The van der Waals surface area contributed by atoms with E-state index >= 15 is 0 Å². The zero-order valence-corrected chi connectivity index (χ0v) is 13.0. The lowest BCUT2D eigenvalue weighted by Gasteiger charge is -2.20. The molecular formula is C14H21BrN2O2. The Labute approximate surface area is 122 Å². The lowest BCUT2D eigenvalue weighted by atomic mass is 10.2. The molecular weight excluding hydrogens is 308 g/mol. The van der Waals surface area contributed by atoms with Crippen LogP contribution in [-0.2, 0) is 6.54 Å². The van der Waals surface area contributed by atoms with Crippen molar-refractivity contribution in [2.75, 3.05) is 27.2 Å². The van der Waals surface area contributed by atoms with Crippen molar-refractivity contribution >= 4 is 15.9 Å². The number of ether oxygens (including phenoxy) is 1. The van der Waals surface area contributed by atoms with Crippen LogP contribution in [0.25, 0.3) is 0 Å². The number of hydrogen-bond acceptors (Lipinski definition) is 4. The number of nitrogens with zero attached hydrogens (tertiary/aromatic N) is 1. The Morgan fingerprint density at radius 3 is 2.95 bits per heavy atom. The maximum atomic E-state index is 9.76. The van der Waals surface area contributed by atoms with Crippen molar-refractivity contribution in [2.45, 2.75) is 25.4 Å². The number of methoxy groups -OCH3 is 1. The second-order valence-corrected chi connectivity index (χ2v) is 5.89. The molecule has 2 rings (SSSR count). The molecule has 0 saturated carbocycles. The summed E-state index contributed by atoms with van der Waals surface area (Å²) in [6.45, 7) is 2.97. The predicted octanol–water partition coefficient (Wildman–Crippen LogP) is 2.35. The third kappa shape index (κ3) is 3.61. The zero-order valence-electron chi connectivity index (χ0n) is 11.4. The minimum Gasteiger partial charge on any atom is -0.503 e. The van der Waals surface area contributed by atoms with Crippen LogP contribution < -0.4 is 10.1 Å². The molecule has 1 atom stereocenters. The summed E-state index contributed by atoms with van der Waals surface area (Å²) in [6, 6.07) is 4.43. The molecule has 1 unspecified atom stereocenters. The number of likely N-dealkylation sites (N-methyl/N-ethyl adjacent to an activating group) is 1. The molecule has 0 spiro atoms. The molecule has 0 aromatic heterocycles. The van der Waals surface area contributed by atoms with Gasteiger partial charge in [-0.15, -0.1) is 0 Å². The summed E-state index contributed by atoms with van der Waals surface area (Å²) in [7, 11) is 3.74. The first-order valence-corrected chi connectivity index (χ1v) is 7.37. The molecule has 1 aromatic carbocycles. The van der Waals surface area contributed by atoms with E-state index in [1.165, 1.54) is 19.4 Å². The van der Waals surface area contributed by atoms with E-state index in [2.05, 4.69) is 33.2 Å². The fourth-order valence-electron chi connectivity index (χ4n) is 2.51. The number of benzene rings is 1. The Morgan fingerprint density at radius 1 is 1.53 bits per heavy atom. The number of aromatic hydroxyl groups is 1. The number of phenols is 1. The standard InChI is InChI=1S/C14H21BrN2O2/c1-17-5-3-4-11(17)9-16-8-10-6-12(15)14(18)13(7-10)19-2/h6-7,11,16,18H,3-5,8-9H2,1-2H3. The van der Waals surface area contributed by atoms with Gasteiger partial charge in [-0.05, 0) is 60.1 Å². The molecule has 1 aliphatic heterocycles. The van der Waals surface area contributed by atoms with Crippen molar-refractivity contribution in [3.63, 3.8) is 0 Å². The Balaban J connectivity index is 1.90. The van der Waals surface area contributed by atoms with Crippen LogP contribution in [0.4, 0.5) is 0 Å². The van der Waals surface area contributed by atoms with Crippen molar-refractivity contribution in [1.82, 2.24) is 10.2 Å². The van der Waals surface area contributed by atoms with Gasteiger partial charge in [0.15, 0.2) is 11.5 Å². The number of phenolic OH excluding ortho intramolecular Hbond substituents is 1. The van der Waals surface area contributed by atoms with E-state index < -0.39 is 0 Å². The maximum Gasteiger partial charge on any atom is 0.172 e. The lowest BCUT2D eigenvalue weighted by molar-refractivity contribution is 0.300. The van der Waals surface area contributed by atoms with Gasteiger partial charge >= 0.3 is 0 Å². The second-order valence-electron chi connectivity index (χ2n) is 5.04. The fourth-order valence-corrected chi connectivity index (χ4v) is 2.99. The van der Waals surface area contributed by atoms with Crippen molar-refractivity contribution in [2.24, 2.45) is 0 Å². The predicted molar refractivity (Wildman–Crippen MR) is 79.7 cm³/mol. The third-order valence-electron chi connectivity index (χ3n) is 3.69. The van der Waals surface area contributed by atoms with Gasteiger partial charge in [0, 0.05) is 19.1 Å². The Hall–Kier alpha value is -0.780. The minimum absolute atomic E-state index is 0.154. The zero-order chi connectivity index (χ0) is 13.8. The van der Waals surface area contributed by atoms with Crippen molar-refractivity contribution < 1.29 is 9.84 Å². The van der Waals surface area contributed by atoms with E-state index in [1.807, 2.05) is 12.1 Å². The summed E-state index contributed by atoms with van der Waals surface area (Å²) in [5, 5.41) is 13.2. The molecule has 106 valence electrons. The first kappa shape index (κ1) is 14.6. The van der Waals surface area contributed by atoms with E-state index in [-0.39, 0.29) is 5.75 Å². The monoisotopic (exact) mass is 328 g/mol. The first-order valence-electron chi connectivity index (χ1n) is 6.58. The Bertz CT molecular complexity index is 440. The van der Waals surface area contributed by atoms with Crippen LogP contribution in [0, 0.1) is 0 Å². The van der Waals surface area contributed by atoms with Crippen LogP contribution in [0.2, 0.25) is 0 Å². The number of hydrogen-bond donors (Lipinski definition) is 2. The van der Waals surface area contributed by atoms with Crippen molar-refractivity contribution in [3.05, 3.63) is 22.2 Å². The van der Waals surface area contributed by atoms with Gasteiger partial charge in [-0.2, -0.15) is 0 Å². The molecule has 1 heterocycles. The summed E-state index contributed by atoms with van der Waals surface area (Å²) >= 11 is 3.34. The van der Waals surface area contributed by atoms with Gasteiger partial charge in [-0.1, -0.05) is 0 Å². The molecule has 1 fully saturated rings. The van der Waals surface area contributed by atoms with Crippen molar-refractivity contribution in [1.29, 1.82) is 0 Å². The quantitative estimate of drug-likeness (QED) is 0.870. The van der Waals surface area contributed by atoms with Gasteiger partial charge < -0.3 is 20.1 Å². The SMILES string of the molecule is COc1cc(CNCC2CCCN2C)cc(Br)c1O. The summed E-state index contributed by atoms with van der Waals surface area (Å²) < 4.78 is 5.82. The smallest absolute Gasteiger partial charge is 0.172 e. The minimum atomic E-state index is 0.154. The Morgan fingerprint density at radius 2 is 2.32 bits per heavy atom. The molecule has 0 amide bonds. The topological polar surface area (TPSA) is 44.7 Å². The molecule has 5 heteroatoms. The molecule has 0 radical (unpaired) electrons. The van der Waals surface area contributed by atoms with Crippen LogP contribution in [-0.4, -0.2) is 43.3 Å². The average Bonchev–Trinajstić information content (AvgIpc) is 2.79. The van der Waals surface area contributed by atoms with Gasteiger partial charge in [-0.25, -0.2) is 0 Å². The molecule has 19 heavy (non-hydrogen) atoms. The van der Waals surface area contributed by atoms with E-state index in [0.717, 1.165) is 18.7 Å². The van der Waals surface area contributed by atoms with Crippen LogP contribution in [0.3, 0.4) is 0 Å². The average molecular weight is 329 g/mol. The highest BCUT2D eigenvalue weighted by Gasteiger charge is 2.20. The highest BCUT2D eigenvalue weighted by atomic mass is 79.9. The molecule has 0 aliphatic carbocycles. The lowest BCUT2D eigenvalue weighted by Crippen LogP contribution is -2.35. The largest absolute Gasteiger partial charge is 0.503 e. The first-order chi connectivity index (χ1) is 9.11. The maximum absolute atomic E-state index is 9.76. The summed E-state index contributed by atoms with van der Waals surface area (Å²) in [4.78, 5) is 2.40. The molecule has 1 aliphatic rings. The molecule has 0 bridgehead atoms. The summed E-state index contributed by atoms with van der Waals surface area (Å²) in [5.41, 5.74) is 1.10. The molecule has 4 nitrogen and oxygen atoms in total. The second kappa shape index (κ2) is 6.59. The van der Waals surface area contributed by atoms with Gasteiger partial charge in [0.25, 0.3) is 0 Å². The normalized spacial score (nSPS) is 19.8. The van der Waals surface area contributed by atoms with Crippen LogP contribution in [0.15, 0.2) is 16.6 Å². The summed E-state index contributed by atoms with van der Waals surface area (Å²) in [5.74, 6) is 0.658. The van der Waals surface area contributed by atoms with E-state index in [1.54, 1.807) is 7.11 Å². The van der Waals surface area contributed by atoms with Gasteiger partial charge in [0.05, 0.1) is 11.6 Å². The van der Waals surface area contributed by atoms with E-state index in [9.17, 15) is 5.11 Å². The number of nitrogens with one attached hydrogen (secondary N) is 1. The number of likely N-dealkylation sites (tertiary alicyclic amines) is 1. The molecule has 1 aromatic rings. The van der Waals surface area contributed by atoms with E-state index in [0.29, 0.717) is 16.3 Å². The highest BCUT2D eigenvalue weighted by molar-refractivity contribution is 9.10. The Kier molecular flexibility index (Phi) is 5.07. The van der Waals surface area contributed by atoms with Crippen LogP contribution >= 0.6 is 15.9 Å². The van der Waals surface area contributed by atoms with Crippen LogP contribution in [0.5, 0.6) is 11.5 Å². The van der Waals surface area contributed by atoms with E-state index in [4.69, 9.17) is 4.74 Å². The highest BCUT2D eigenvalue weighted by Crippen LogP contribution is 2.35. The fraction of sp³-hybridized carbons (Fsp3) is 0.571. The van der Waals surface area contributed by atoms with Gasteiger partial charge in [-0.3, -0.25) is 0 Å². The van der Waals surface area contributed by atoms with Gasteiger partial charge in [0.2, 0.25) is 0 Å². The van der Waals surface area contributed by atoms with Crippen molar-refractivity contribution in [3.8, 4) is 11.5 Å². The third-order valence-corrected chi connectivity index (χ3v) is 4.29.